The summed E-state index contributed by atoms with van der Waals surface area (Å²) in [6, 6.07) is 8.00. The summed E-state index contributed by atoms with van der Waals surface area (Å²) < 4.78 is 39.1. The zero-order valence-corrected chi connectivity index (χ0v) is 37.3. The molecule has 6 aliphatic rings. The second-order valence-corrected chi connectivity index (χ2v) is 17.2. The number of hydrogen-bond donors (Lipinski definition) is 3. The highest BCUT2D eigenvalue weighted by atomic mass is 35.5. The molecule has 4 spiro atoms. The first kappa shape index (κ1) is 48.6. The van der Waals surface area contributed by atoms with Gasteiger partial charge in [-0.25, -0.2) is 9.59 Å². The van der Waals surface area contributed by atoms with Crippen LogP contribution in [-0.4, -0.2) is 90.8 Å². The quantitative estimate of drug-likeness (QED) is 0.193. The topological polar surface area (TPSA) is 177 Å². The summed E-state index contributed by atoms with van der Waals surface area (Å²) in [5.41, 5.74) is 5.76. The van der Waals surface area contributed by atoms with E-state index in [1.54, 1.807) is 13.8 Å². The van der Waals surface area contributed by atoms with E-state index in [0.717, 1.165) is 90.3 Å². The van der Waals surface area contributed by atoms with Crippen LogP contribution < -0.4 is 10.6 Å². The van der Waals surface area contributed by atoms with Crippen LogP contribution in [0.3, 0.4) is 0 Å². The van der Waals surface area contributed by atoms with Crippen LogP contribution in [-0.2, 0) is 42.7 Å². The molecule has 2 aliphatic carbocycles. The smallest absolute Gasteiger partial charge is 0.509 e. The molecule has 0 aromatic heterocycles. The van der Waals surface area contributed by atoms with Gasteiger partial charge in [-0.15, -0.1) is 0 Å². The van der Waals surface area contributed by atoms with Gasteiger partial charge in [0.25, 0.3) is 11.8 Å². The van der Waals surface area contributed by atoms with Crippen molar-refractivity contribution in [2.24, 2.45) is 0 Å². The Morgan fingerprint density at radius 1 is 0.629 bits per heavy atom. The van der Waals surface area contributed by atoms with Crippen LogP contribution in [0, 0.1) is 41.5 Å². The van der Waals surface area contributed by atoms with Crippen molar-refractivity contribution in [2.75, 3.05) is 39.6 Å². The van der Waals surface area contributed by atoms with Crippen LogP contribution in [0.25, 0.3) is 11.1 Å². The molecule has 4 fully saturated rings. The van der Waals surface area contributed by atoms with E-state index < -0.39 is 34.2 Å². The van der Waals surface area contributed by atoms with Crippen LogP contribution in [0.4, 0.5) is 9.59 Å². The number of halogens is 1. The molecule has 15 heteroatoms. The maximum atomic E-state index is 13.1. The molecular formula is C47H63ClN2O12. The largest absolute Gasteiger partial charge is 0.513 e. The van der Waals surface area contributed by atoms with Gasteiger partial charge in [-0.2, -0.15) is 0 Å². The van der Waals surface area contributed by atoms with E-state index in [4.69, 9.17) is 40.0 Å². The Balaban J connectivity index is 0.000000207. The normalized spacial score (nSPS) is 21.2. The van der Waals surface area contributed by atoms with Crippen LogP contribution >= 0.6 is 11.6 Å². The molecule has 62 heavy (non-hydrogen) atoms. The van der Waals surface area contributed by atoms with Gasteiger partial charge in [0, 0.05) is 37.3 Å². The summed E-state index contributed by atoms with van der Waals surface area (Å²) in [7, 11) is 0. The highest BCUT2D eigenvalue weighted by Crippen LogP contribution is 2.45. The number of ether oxygens (including phenoxy) is 7. The third-order valence-electron chi connectivity index (χ3n) is 12.5. The number of carbonyl (C=O) groups excluding carboxylic acids is 4. The SMILES string of the molecule is C.CCOC(=O)Cl.CCOC(=O)OC1=C(c2cc(C)c(C)cc2C)C(=O)NC12COC1(CCCC1)OC2.Cc1cc(C)c(C2=C(O)C3(COC4(CCCC4)OC3)NC2=O)cc1C. The number of amides is 2. The predicted molar refractivity (Wildman–Crippen MR) is 233 cm³/mol. The number of benzene rings is 2. The molecule has 8 rings (SSSR count). The maximum Gasteiger partial charge on any atom is 0.513 e. The molecular weight excluding hydrogens is 820 g/mol. The average Bonchev–Trinajstić information content (AvgIpc) is 3.98. The second kappa shape index (κ2) is 19.5. The van der Waals surface area contributed by atoms with E-state index in [2.05, 4.69) is 15.4 Å². The summed E-state index contributed by atoms with van der Waals surface area (Å²) in [5, 5.41) is 16.8. The van der Waals surface area contributed by atoms with Crippen LogP contribution in [0.5, 0.6) is 0 Å². The Morgan fingerprint density at radius 2 is 1.02 bits per heavy atom. The van der Waals surface area contributed by atoms with Crippen LogP contribution in [0.2, 0.25) is 0 Å². The standard InChI is InChI=1S/C23H29NO6.C20H25NO4.C3H5ClO2.CH4/c1-5-27-21(26)30-19-18(17-11-15(3)14(2)10-16(17)4)20(25)24-22(19)12-28-23(29-13-22)8-6-7-9-23;1-12-8-14(3)15(9-13(12)2)16-17(22)19(21-18(16)23)10-24-20(25-11-19)6-4-5-7-20;1-2-6-3(4)5;/h10-11H,5-9,12-13H2,1-4H3,(H,24,25);8-9,22H,4-7,10-11H2,1-3H3,(H,21,23);2H2,1H3;1H4. The molecule has 2 amide bonds. The second-order valence-electron chi connectivity index (χ2n) is 16.8. The minimum absolute atomic E-state index is 0. The molecule has 4 aliphatic heterocycles. The van der Waals surface area contributed by atoms with Crippen LogP contribution in [0.1, 0.15) is 117 Å². The van der Waals surface area contributed by atoms with Crippen molar-refractivity contribution >= 4 is 46.1 Å². The number of nitrogens with one attached hydrogen (secondary N) is 2. The average molecular weight is 883 g/mol. The minimum atomic E-state index is -1.06. The van der Waals surface area contributed by atoms with Gasteiger partial charge in [0.2, 0.25) is 0 Å². The van der Waals surface area contributed by atoms with E-state index >= 15 is 0 Å². The van der Waals surface area contributed by atoms with Crippen molar-refractivity contribution in [1.82, 2.24) is 10.6 Å². The highest BCUT2D eigenvalue weighted by molar-refractivity contribution is 6.61. The van der Waals surface area contributed by atoms with Gasteiger partial charge >= 0.3 is 11.6 Å². The van der Waals surface area contributed by atoms with E-state index in [-0.39, 0.29) is 63.8 Å². The molecule has 340 valence electrons. The first-order valence-corrected chi connectivity index (χ1v) is 21.5. The molecule has 2 saturated heterocycles. The van der Waals surface area contributed by atoms with Gasteiger partial charge in [-0.3, -0.25) is 9.59 Å². The van der Waals surface area contributed by atoms with E-state index in [0.29, 0.717) is 17.8 Å². The summed E-state index contributed by atoms with van der Waals surface area (Å²) in [6.07, 6.45) is 6.86. The Bertz CT molecular complexity index is 2090. The minimum Gasteiger partial charge on any atom is -0.509 e. The van der Waals surface area contributed by atoms with E-state index in [9.17, 15) is 24.3 Å². The fourth-order valence-electron chi connectivity index (χ4n) is 8.81. The Labute approximate surface area is 370 Å². The van der Waals surface area contributed by atoms with Crippen molar-refractivity contribution in [2.45, 2.75) is 137 Å². The summed E-state index contributed by atoms with van der Waals surface area (Å²) in [6.45, 7) is 16.7. The third-order valence-corrected chi connectivity index (χ3v) is 12.6. The summed E-state index contributed by atoms with van der Waals surface area (Å²) >= 11 is 4.72. The first-order valence-electron chi connectivity index (χ1n) is 21.1. The molecule has 2 aromatic rings. The van der Waals surface area contributed by atoms with Crippen molar-refractivity contribution in [1.29, 1.82) is 0 Å². The van der Waals surface area contributed by atoms with Gasteiger partial charge in [0.05, 0.1) is 50.8 Å². The Morgan fingerprint density at radius 3 is 1.44 bits per heavy atom. The monoisotopic (exact) mass is 882 g/mol. The number of aliphatic hydroxyl groups excluding tert-OH is 1. The summed E-state index contributed by atoms with van der Waals surface area (Å²) in [5.74, 6) is -1.44. The molecule has 0 radical (unpaired) electrons. The Hall–Kier alpha value is -4.47. The number of rotatable bonds is 5. The molecule has 0 unspecified atom stereocenters. The zero-order valence-electron chi connectivity index (χ0n) is 36.5. The van der Waals surface area contributed by atoms with Crippen molar-refractivity contribution in [3.63, 3.8) is 0 Å². The number of aliphatic hydroxyl groups is 1. The van der Waals surface area contributed by atoms with Crippen molar-refractivity contribution in [3.05, 3.63) is 80.3 Å². The lowest BCUT2D eigenvalue weighted by Crippen LogP contribution is -2.60. The van der Waals surface area contributed by atoms with Gasteiger partial charge in [-0.1, -0.05) is 31.7 Å². The van der Waals surface area contributed by atoms with Gasteiger partial charge in [0.15, 0.2) is 17.3 Å². The number of aryl methyl sites for hydroxylation is 6. The summed E-state index contributed by atoms with van der Waals surface area (Å²) in [4.78, 5) is 47.7. The predicted octanol–water partition coefficient (Wildman–Crippen LogP) is 8.77. The fourth-order valence-corrected chi connectivity index (χ4v) is 8.92. The first-order chi connectivity index (χ1) is 28.9. The lowest BCUT2D eigenvalue weighted by molar-refractivity contribution is -0.283. The maximum absolute atomic E-state index is 13.1. The van der Waals surface area contributed by atoms with Crippen molar-refractivity contribution in [3.8, 4) is 0 Å². The number of hydrogen-bond acceptors (Lipinski definition) is 12. The fraction of sp³-hybridized carbons (Fsp3) is 0.574. The third kappa shape index (κ3) is 9.84. The molecule has 2 saturated carbocycles. The van der Waals surface area contributed by atoms with Crippen LogP contribution in [0.15, 0.2) is 35.8 Å². The molecule has 4 heterocycles. The lowest BCUT2D eigenvalue weighted by atomic mass is 9.91. The molecule has 3 N–H and O–H groups in total. The highest BCUT2D eigenvalue weighted by Gasteiger charge is 2.56. The van der Waals surface area contributed by atoms with E-state index in [1.165, 1.54) is 5.56 Å². The van der Waals surface area contributed by atoms with Gasteiger partial charge in [0.1, 0.15) is 16.8 Å². The molecule has 0 atom stereocenters. The van der Waals surface area contributed by atoms with Gasteiger partial charge in [-0.05, 0) is 126 Å². The molecule has 0 bridgehead atoms. The van der Waals surface area contributed by atoms with Gasteiger partial charge < -0.3 is 48.9 Å². The Kier molecular flexibility index (Phi) is 15.3. The lowest BCUT2D eigenvalue weighted by Gasteiger charge is -2.43. The number of carbonyl (C=O) groups is 4. The molecule has 2 aromatic carbocycles. The van der Waals surface area contributed by atoms with Crippen molar-refractivity contribution < 1.29 is 57.4 Å². The molecule has 14 nitrogen and oxygen atoms in total. The van der Waals surface area contributed by atoms with E-state index in [1.807, 2.05) is 65.8 Å². The zero-order chi connectivity index (χ0) is 44.3.